The van der Waals surface area contributed by atoms with Crippen molar-refractivity contribution < 1.29 is 9.72 Å². The standard InChI is InChI=1S/C17H26N4O3.ClH/c1-12-6-8-20(9-7-12)14-5-4-13(10-15(14)21(23)24)16(22)19-11-17(2,3)18;/h4-5,10,12H,6-9,11,18H2,1-3H3,(H,19,22);1H. The van der Waals surface area contributed by atoms with Gasteiger partial charge in [0, 0.05) is 36.8 Å². The smallest absolute Gasteiger partial charge is 0.293 e. The number of halogens is 1. The van der Waals surface area contributed by atoms with Crippen molar-refractivity contribution in [1.29, 1.82) is 0 Å². The third kappa shape index (κ3) is 5.86. The molecule has 0 bridgehead atoms. The first-order valence-electron chi connectivity index (χ1n) is 8.28. The summed E-state index contributed by atoms with van der Waals surface area (Å²) in [6, 6.07) is 4.67. The largest absolute Gasteiger partial charge is 0.366 e. The highest BCUT2D eigenvalue weighted by Gasteiger charge is 2.25. The summed E-state index contributed by atoms with van der Waals surface area (Å²) in [5.74, 6) is 0.292. The van der Waals surface area contributed by atoms with Gasteiger partial charge in [0.15, 0.2) is 0 Å². The lowest BCUT2D eigenvalue weighted by atomic mass is 9.98. The first-order valence-corrected chi connectivity index (χ1v) is 8.28. The number of carbonyl (C=O) groups excluding carboxylic acids is 1. The van der Waals surface area contributed by atoms with E-state index < -0.39 is 10.5 Å². The van der Waals surface area contributed by atoms with Gasteiger partial charge in [-0.3, -0.25) is 14.9 Å². The van der Waals surface area contributed by atoms with E-state index in [-0.39, 0.29) is 29.6 Å². The monoisotopic (exact) mass is 370 g/mol. The third-order valence-electron chi connectivity index (χ3n) is 4.26. The van der Waals surface area contributed by atoms with Crippen LogP contribution in [0.15, 0.2) is 18.2 Å². The number of anilines is 1. The van der Waals surface area contributed by atoms with Gasteiger partial charge in [0.1, 0.15) is 5.69 Å². The van der Waals surface area contributed by atoms with Crippen molar-refractivity contribution in [2.24, 2.45) is 11.7 Å². The Morgan fingerprint density at radius 2 is 2.00 bits per heavy atom. The van der Waals surface area contributed by atoms with Crippen LogP contribution in [0.1, 0.15) is 44.0 Å². The normalized spacial score (nSPS) is 15.4. The molecular weight excluding hydrogens is 344 g/mol. The fourth-order valence-electron chi connectivity index (χ4n) is 2.74. The van der Waals surface area contributed by atoms with Gasteiger partial charge in [0.25, 0.3) is 11.6 Å². The van der Waals surface area contributed by atoms with Crippen molar-refractivity contribution in [1.82, 2.24) is 5.32 Å². The average molecular weight is 371 g/mol. The van der Waals surface area contributed by atoms with E-state index >= 15 is 0 Å². The summed E-state index contributed by atoms with van der Waals surface area (Å²) in [5.41, 5.74) is 6.15. The van der Waals surface area contributed by atoms with Gasteiger partial charge in [-0.05, 0) is 44.7 Å². The van der Waals surface area contributed by atoms with Crippen LogP contribution in [-0.2, 0) is 0 Å². The van der Waals surface area contributed by atoms with Gasteiger partial charge in [0.2, 0.25) is 0 Å². The molecule has 0 radical (unpaired) electrons. The number of nitrogens with zero attached hydrogens (tertiary/aromatic N) is 2. The summed E-state index contributed by atoms with van der Waals surface area (Å²) < 4.78 is 0. The molecule has 1 aromatic carbocycles. The fourth-order valence-corrected chi connectivity index (χ4v) is 2.74. The number of piperidine rings is 1. The molecule has 0 atom stereocenters. The van der Waals surface area contributed by atoms with Crippen LogP contribution in [0.3, 0.4) is 0 Å². The molecule has 1 heterocycles. The number of rotatable bonds is 5. The van der Waals surface area contributed by atoms with Crippen LogP contribution in [-0.4, -0.2) is 36.0 Å². The van der Waals surface area contributed by atoms with E-state index in [2.05, 4.69) is 12.2 Å². The number of hydrogen-bond acceptors (Lipinski definition) is 5. The van der Waals surface area contributed by atoms with Crippen molar-refractivity contribution in [3.8, 4) is 0 Å². The first kappa shape index (κ1) is 21.2. The van der Waals surface area contributed by atoms with Gasteiger partial charge < -0.3 is 16.0 Å². The zero-order chi connectivity index (χ0) is 17.9. The lowest BCUT2D eigenvalue weighted by molar-refractivity contribution is -0.384. The molecule has 1 saturated heterocycles. The maximum absolute atomic E-state index is 12.2. The minimum atomic E-state index is -0.536. The van der Waals surface area contributed by atoms with Crippen molar-refractivity contribution in [3.63, 3.8) is 0 Å². The molecule has 0 aromatic heterocycles. The Kier molecular flexibility index (Phi) is 7.19. The number of hydrogen-bond donors (Lipinski definition) is 2. The Balaban J connectivity index is 0.00000312. The second-order valence-electron chi connectivity index (χ2n) is 7.30. The van der Waals surface area contributed by atoms with Crippen LogP contribution >= 0.6 is 12.4 Å². The summed E-state index contributed by atoms with van der Waals surface area (Å²) in [4.78, 5) is 25.3. The van der Waals surface area contributed by atoms with Crippen LogP contribution in [0.25, 0.3) is 0 Å². The van der Waals surface area contributed by atoms with E-state index in [0.29, 0.717) is 18.2 Å². The van der Waals surface area contributed by atoms with Crippen molar-refractivity contribution in [2.45, 2.75) is 39.2 Å². The molecule has 3 N–H and O–H groups in total. The molecule has 140 valence electrons. The highest BCUT2D eigenvalue weighted by molar-refractivity contribution is 5.95. The van der Waals surface area contributed by atoms with Gasteiger partial charge in [-0.15, -0.1) is 12.4 Å². The molecule has 0 unspecified atom stereocenters. The minimum absolute atomic E-state index is 0. The number of amides is 1. The fraction of sp³-hybridized carbons (Fsp3) is 0.588. The number of carbonyl (C=O) groups is 1. The second kappa shape index (κ2) is 8.49. The minimum Gasteiger partial charge on any atom is -0.366 e. The molecule has 0 saturated carbocycles. The highest BCUT2D eigenvalue weighted by atomic mass is 35.5. The molecule has 1 aliphatic heterocycles. The molecule has 25 heavy (non-hydrogen) atoms. The molecule has 7 nitrogen and oxygen atoms in total. The molecule has 0 aliphatic carbocycles. The summed E-state index contributed by atoms with van der Waals surface area (Å²) >= 11 is 0. The Bertz CT molecular complexity index is 623. The molecule has 1 aromatic rings. The lowest BCUT2D eigenvalue weighted by Crippen LogP contribution is -2.45. The van der Waals surface area contributed by atoms with E-state index in [1.807, 2.05) is 4.90 Å². The topological polar surface area (TPSA) is 102 Å². The second-order valence-corrected chi connectivity index (χ2v) is 7.30. The molecule has 0 spiro atoms. The molecular formula is C17H27ClN4O3. The van der Waals surface area contributed by atoms with Crippen molar-refractivity contribution >= 4 is 29.7 Å². The van der Waals surface area contributed by atoms with E-state index in [4.69, 9.17) is 5.73 Å². The van der Waals surface area contributed by atoms with E-state index in [9.17, 15) is 14.9 Å². The quantitative estimate of drug-likeness (QED) is 0.613. The predicted molar refractivity (Wildman–Crippen MR) is 102 cm³/mol. The Morgan fingerprint density at radius 1 is 1.40 bits per heavy atom. The van der Waals surface area contributed by atoms with E-state index in [1.165, 1.54) is 6.07 Å². The summed E-state index contributed by atoms with van der Waals surface area (Å²) in [6.07, 6.45) is 2.04. The Morgan fingerprint density at radius 3 is 2.52 bits per heavy atom. The zero-order valence-corrected chi connectivity index (χ0v) is 15.8. The van der Waals surface area contributed by atoms with Gasteiger partial charge in [-0.25, -0.2) is 0 Å². The van der Waals surface area contributed by atoms with Crippen LogP contribution in [0.4, 0.5) is 11.4 Å². The number of nitrogens with one attached hydrogen (secondary N) is 1. The summed E-state index contributed by atoms with van der Waals surface area (Å²) in [6.45, 7) is 7.69. The molecule has 2 rings (SSSR count). The molecule has 1 aliphatic rings. The molecule has 1 amide bonds. The molecule has 8 heteroatoms. The van der Waals surface area contributed by atoms with Crippen LogP contribution in [0, 0.1) is 16.0 Å². The van der Waals surface area contributed by atoms with Crippen molar-refractivity contribution in [2.75, 3.05) is 24.5 Å². The van der Waals surface area contributed by atoms with Crippen LogP contribution in [0.2, 0.25) is 0 Å². The van der Waals surface area contributed by atoms with Gasteiger partial charge in [-0.2, -0.15) is 0 Å². The number of benzene rings is 1. The van der Waals surface area contributed by atoms with Crippen LogP contribution in [0.5, 0.6) is 0 Å². The summed E-state index contributed by atoms with van der Waals surface area (Å²) in [7, 11) is 0. The van der Waals surface area contributed by atoms with Gasteiger partial charge in [-0.1, -0.05) is 6.92 Å². The number of nitro groups is 1. The Hall–Kier alpha value is -1.86. The van der Waals surface area contributed by atoms with Gasteiger partial charge in [0.05, 0.1) is 4.92 Å². The maximum atomic E-state index is 12.2. The first-order chi connectivity index (χ1) is 11.2. The number of nitro benzene ring substituents is 1. The average Bonchev–Trinajstić information content (AvgIpc) is 2.52. The number of nitrogens with two attached hydrogens (primary N) is 1. The van der Waals surface area contributed by atoms with Crippen LogP contribution < -0.4 is 16.0 Å². The SMILES string of the molecule is CC1CCN(c2ccc(C(=O)NCC(C)(C)N)cc2[N+](=O)[O-])CC1.Cl. The van der Waals surface area contributed by atoms with E-state index in [1.54, 1.807) is 26.0 Å². The zero-order valence-electron chi connectivity index (χ0n) is 14.9. The highest BCUT2D eigenvalue weighted by Crippen LogP contribution is 2.32. The van der Waals surface area contributed by atoms with Gasteiger partial charge >= 0.3 is 0 Å². The third-order valence-corrected chi connectivity index (χ3v) is 4.26. The predicted octanol–water partition coefficient (Wildman–Crippen LogP) is 2.72. The maximum Gasteiger partial charge on any atom is 0.293 e. The van der Waals surface area contributed by atoms with E-state index in [0.717, 1.165) is 25.9 Å². The lowest BCUT2D eigenvalue weighted by Gasteiger charge is -2.31. The Labute approximate surface area is 154 Å². The summed E-state index contributed by atoms with van der Waals surface area (Å²) in [5, 5.41) is 14.2. The molecule has 1 fully saturated rings. The van der Waals surface area contributed by atoms with Crippen molar-refractivity contribution in [3.05, 3.63) is 33.9 Å².